The fraction of sp³-hybridized carbons (Fsp3) is 0.0357. The van der Waals surface area contributed by atoms with Gasteiger partial charge in [0, 0.05) is 38.8 Å². The second-order valence-corrected chi connectivity index (χ2v) is 15.4. The van der Waals surface area contributed by atoms with E-state index >= 15 is 0 Å². The van der Waals surface area contributed by atoms with Crippen LogP contribution in [0.1, 0.15) is 11.1 Å². The minimum Gasteiger partial charge on any atom is -0.455 e. The first-order valence-corrected chi connectivity index (χ1v) is 20.3. The summed E-state index contributed by atoms with van der Waals surface area (Å²) < 4.78 is 9.34. The smallest absolute Gasteiger partial charge is 0.145 e. The van der Waals surface area contributed by atoms with Gasteiger partial charge >= 0.3 is 0 Å². The minimum absolute atomic E-state index is 0.861. The summed E-state index contributed by atoms with van der Waals surface area (Å²) in [5, 5.41) is 4.65. The first-order valence-electron chi connectivity index (χ1n) is 20.3. The second-order valence-electron chi connectivity index (χ2n) is 15.4. The third kappa shape index (κ3) is 5.74. The van der Waals surface area contributed by atoms with Crippen LogP contribution in [0.15, 0.2) is 211 Å². The van der Waals surface area contributed by atoms with Crippen LogP contribution in [0, 0.1) is 13.8 Å². The Morgan fingerprint density at radius 3 is 1.76 bits per heavy atom. The van der Waals surface area contributed by atoms with E-state index in [1.165, 1.54) is 55.2 Å². The van der Waals surface area contributed by atoms with Crippen LogP contribution in [-0.4, -0.2) is 4.57 Å². The molecule has 0 fully saturated rings. The van der Waals surface area contributed by atoms with Crippen molar-refractivity contribution in [2.24, 2.45) is 0 Å². The Morgan fingerprint density at radius 2 is 1.03 bits per heavy atom. The molecule has 0 spiro atoms. The van der Waals surface area contributed by atoms with Gasteiger partial charge in [-0.15, -0.1) is 0 Å². The highest BCUT2D eigenvalue weighted by Crippen LogP contribution is 2.49. The van der Waals surface area contributed by atoms with Crippen molar-refractivity contribution in [3.63, 3.8) is 0 Å². The fourth-order valence-corrected chi connectivity index (χ4v) is 9.19. The Morgan fingerprint density at radius 1 is 0.424 bits per heavy atom. The Balaban J connectivity index is 1.16. The highest BCUT2D eigenvalue weighted by molar-refractivity contribution is 6.17. The van der Waals surface area contributed by atoms with Gasteiger partial charge in [0.05, 0.1) is 22.1 Å². The largest absolute Gasteiger partial charge is 0.455 e. The lowest BCUT2D eigenvalue weighted by atomic mass is 9.90. The topological polar surface area (TPSA) is 21.3 Å². The van der Waals surface area contributed by atoms with Crippen LogP contribution in [0.2, 0.25) is 0 Å². The molecule has 3 nitrogen and oxygen atoms in total. The number of aryl methyl sites for hydroxylation is 2. The maximum Gasteiger partial charge on any atom is 0.145 e. The Labute approximate surface area is 343 Å². The van der Waals surface area contributed by atoms with E-state index in [1.54, 1.807) is 0 Å². The van der Waals surface area contributed by atoms with Crippen molar-refractivity contribution in [2.45, 2.75) is 13.8 Å². The molecule has 11 aromatic rings. The van der Waals surface area contributed by atoms with Gasteiger partial charge in [-0.05, 0) is 113 Å². The SMILES string of the molecule is Cc1ccccc1N(c1cc(C)c(-c2ccccc2)c(-c2ccccc2)c1)c1ccc(-c2cccc(-n3c4ccccc4c4ccccc43)c2)c2oc3ccccc3c12. The van der Waals surface area contributed by atoms with Crippen LogP contribution in [0.25, 0.3) is 82.8 Å². The molecular weight excluding hydrogens is 717 g/mol. The predicted octanol–water partition coefficient (Wildman–Crippen LogP) is 15.8. The average molecular weight is 757 g/mol. The third-order valence-corrected chi connectivity index (χ3v) is 11.8. The molecule has 0 atom stereocenters. The van der Waals surface area contributed by atoms with Crippen molar-refractivity contribution < 1.29 is 4.42 Å². The number of fused-ring (bicyclic) bond motifs is 6. The zero-order chi connectivity index (χ0) is 39.5. The number of furan rings is 1. The average Bonchev–Trinajstić information content (AvgIpc) is 3.84. The van der Waals surface area contributed by atoms with Crippen LogP contribution in [0.3, 0.4) is 0 Å². The van der Waals surface area contributed by atoms with E-state index in [-0.39, 0.29) is 0 Å². The van der Waals surface area contributed by atoms with E-state index in [9.17, 15) is 0 Å². The summed E-state index contributed by atoms with van der Waals surface area (Å²) in [6, 6.07) is 74.1. The highest BCUT2D eigenvalue weighted by atomic mass is 16.3. The first-order chi connectivity index (χ1) is 29.1. The van der Waals surface area contributed by atoms with Gasteiger partial charge in [-0.2, -0.15) is 0 Å². The molecule has 280 valence electrons. The minimum atomic E-state index is 0.861. The molecule has 0 saturated carbocycles. The molecule has 0 radical (unpaired) electrons. The summed E-state index contributed by atoms with van der Waals surface area (Å²) in [6.07, 6.45) is 0. The van der Waals surface area contributed by atoms with E-state index in [1.807, 2.05) is 0 Å². The number of benzene rings is 9. The Kier molecular flexibility index (Phi) is 8.27. The maximum absolute atomic E-state index is 6.96. The van der Waals surface area contributed by atoms with E-state index in [0.29, 0.717) is 0 Å². The van der Waals surface area contributed by atoms with Crippen LogP contribution in [0.4, 0.5) is 17.1 Å². The molecule has 0 saturated heterocycles. The summed E-state index contributed by atoms with van der Waals surface area (Å²) in [5.41, 5.74) is 17.8. The number of aromatic nitrogens is 1. The number of hydrogen-bond acceptors (Lipinski definition) is 2. The summed E-state index contributed by atoms with van der Waals surface area (Å²) in [6.45, 7) is 4.44. The lowest BCUT2D eigenvalue weighted by molar-refractivity contribution is 0.670. The molecule has 11 rings (SSSR count). The normalized spacial score (nSPS) is 11.6. The fourth-order valence-electron chi connectivity index (χ4n) is 9.19. The number of rotatable bonds is 7. The standard InChI is InChI=1S/C56H40N2O/c1-37-18-9-13-28-49(37)58(43-34-38(2)54(40-21-7-4-8-22-40)48(36-43)39-19-5-3-6-20-39)52-33-32-44(56-55(52)47-27-12-16-31-53(47)59-56)41-23-17-24-42(35-41)57-50-29-14-10-25-45(50)46-26-11-15-30-51(46)57/h3-36H,1-2H3. The molecule has 2 heterocycles. The molecule has 59 heavy (non-hydrogen) atoms. The van der Waals surface area contributed by atoms with Gasteiger partial charge in [-0.1, -0.05) is 146 Å². The quantitative estimate of drug-likeness (QED) is 0.161. The lowest BCUT2D eigenvalue weighted by Gasteiger charge is -2.30. The van der Waals surface area contributed by atoms with Crippen molar-refractivity contribution in [1.29, 1.82) is 0 Å². The van der Waals surface area contributed by atoms with Crippen molar-refractivity contribution in [1.82, 2.24) is 4.57 Å². The van der Waals surface area contributed by atoms with Crippen molar-refractivity contribution in [3.8, 4) is 39.1 Å². The van der Waals surface area contributed by atoms with Crippen LogP contribution in [-0.2, 0) is 0 Å². The van der Waals surface area contributed by atoms with Crippen LogP contribution >= 0.6 is 0 Å². The third-order valence-electron chi connectivity index (χ3n) is 11.8. The number of nitrogens with zero attached hydrogens (tertiary/aromatic N) is 2. The van der Waals surface area contributed by atoms with Gasteiger partial charge in [-0.3, -0.25) is 0 Å². The van der Waals surface area contributed by atoms with E-state index in [0.717, 1.165) is 55.8 Å². The molecule has 0 aliphatic heterocycles. The van der Waals surface area contributed by atoms with E-state index in [4.69, 9.17) is 4.42 Å². The van der Waals surface area contributed by atoms with Gasteiger partial charge in [0.1, 0.15) is 11.2 Å². The summed E-state index contributed by atoms with van der Waals surface area (Å²) in [7, 11) is 0. The Bertz CT molecular complexity index is 3300. The highest BCUT2D eigenvalue weighted by Gasteiger charge is 2.25. The van der Waals surface area contributed by atoms with Gasteiger partial charge in [-0.25, -0.2) is 0 Å². The molecule has 0 unspecified atom stereocenters. The lowest BCUT2D eigenvalue weighted by Crippen LogP contribution is -2.12. The molecule has 0 aliphatic carbocycles. The van der Waals surface area contributed by atoms with Gasteiger partial charge < -0.3 is 13.9 Å². The summed E-state index contributed by atoms with van der Waals surface area (Å²) in [4.78, 5) is 2.44. The number of para-hydroxylation sites is 4. The number of anilines is 3. The van der Waals surface area contributed by atoms with Crippen molar-refractivity contribution >= 4 is 60.8 Å². The van der Waals surface area contributed by atoms with Gasteiger partial charge in [0.25, 0.3) is 0 Å². The zero-order valence-corrected chi connectivity index (χ0v) is 32.9. The van der Waals surface area contributed by atoms with Crippen molar-refractivity contribution in [2.75, 3.05) is 4.90 Å². The monoisotopic (exact) mass is 756 g/mol. The molecule has 0 bridgehead atoms. The molecule has 3 heteroatoms. The summed E-state index contributed by atoms with van der Waals surface area (Å²) in [5.74, 6) is 0. The molecule has 2 aromatic heterocycles. The molecular formula is C56H40N2O. The molecule has 0 amide bonds. The number of hydrogen-bond donors (Lipinski definition) is 0. The van der Waals surface area contributed by atoms with Gasteiger partial charge in [0.2, 0.25) is 0 Å². The predicted molar refractivity (Wildman–Crippen MR) is 249 cm³/mol. The Hall–Kier alpha value is -7.62. The van der Waals surface area contributed by atoms with Gasteiger partial charge in [0.15, 0.2) is 0 Å². The first kappa shape index (κ1) is 34.6. The molecule has 0 N–H and O–H groups in total. The van der Waals surface area contributed by atoms with E-state index < -0.39 is 0 Å². The molecule has 0 aliphatic rings. The van der Waals surface area contributed by atoms with Crippen LogP contribution < -0.4 is 4.90 Å². The summed E-state index contributed by atoms with van der Waals surface area (Å²) >= 11 is 0. The zero-order valence-electron chi connectivity index (χ0n) is 32.9. The van der Waals surface area contributed by atoms with E-state index in [2.05, 4.69) is 230 Å². The maximum atomic E-state index is 6.96. The second kappa shape index (κ2) is 14.1. The molecule has 9 aromatic carbocycles. The van der Waals surface area contributed by atoms with Crippen molar-refractivity contribution in [3.05, 3.63) is 217 Å². The van der Waals surface area contributed by atoms with Crippen LogP contribution in [0.5, 0.6) is 0 Å².